The number of anilines is 1. The average molecular weight is 343 g/mol. The number of carbonyl (C=O) groups excluding carboxylic acids is 2. The fourth-order valence-electron chi connectivity index (χ4n) is 2.61. The zero-order chi connectivity index (χ0) is 18.6. The van der Waals surface area contributed by atoms with Crippen LogP contribution in [0.1, 0.15) is 27.0 Å². The summed E-state index contributed by atoms with van der Waals surface area (Å²) in [6.07, 6.45) is 0. The van der Waals surface area contributed by atoms with Gasteiger partial charge < -0.3 is 19.9 Å². The van der Waals surface area contributed by atoms with Crippen LogP contribution in [-0.2, 0) is 9.53 Å². The van der Waals surface area contributed by atoms with Crippen LogP contribution in [0.4, 0.5) is 5.69 Å². The number of hydrogen-bond donors (Lipinski definition) is 2. The quantitative estimate of drug-likeness (QED) is 0.815. The van der Waals surface area contributed by atoms with Gasteiger partial charge in [-0.2, -0.15) is 0 Å². The summed E-state index contributed by atoms with van der Waals surface area (Å²) in [7, 11) is 1.38. The van der Waals surface area contributed by atoms with Crippen LogP contribution in [0, 0.1) is 20.8 Å². The number of amides is 1. The predicted octanol–water partition coefficient (Wildman–Crippen LogP) is 3.12. The van der Waals surface area contributed by atoms with Crippen LogP contribution < -0.4 is 10.1 Å². The van der Waals surface area contributed by atoms with Crippen molar-refractivity contribution in [3.63, 3.8) is 0 Å². The van der Waals surface area contributed by atoms with Gasteiger partial charge in [0.15, 0.2) is 18.1 Å². The molecule has 0 aliphatic heterocycles. The van der Waals surface area contributed by atoms with Gasteiger partial charge in [0, 0.05) is 5.69 Å². The van der Waals surface area contributed by atoms with Crippen molar-refractivity contribution in [1.29, 1.82) is 0 Å². The molecule has 0 spiro atoms. The highest BCUT2D eigenvalue weighted by molar-refractivity contribution is 5.97. The summed E-state index contributed by atoms with van der Waals surface area (Å²) >= 11 is 0. The molecule has 2 N–H and O–H groups in total. The van der Waals surface area contributed by atoms with E-state index in [2.05, 4.69) is 5.32 Å². The maximum Gasteiger partial charge on any atom is 0.342 e. The minimum atomic E-state index is -0.802. The summed E-state index contributed by atoms with van der Waals surface area (Å²) in [5.74, 6) is -1.42. The van der Waals surface area contributed by atoms with E-state index >= 15 is 0 Å². The highest BCUT2D eigenvalue weighted by atomic mass is 16.5. The summed E-state index contributed by atoms with van der Waals surface area (Å²) in [6, 6.07) is 8.38. The number of methoxy groups -OCH3 is 1. The molecule has 2 rings (SSSR count). The first-order valence-corrected chi connectivity index (χ1v) is 7.74. The Balaban J connectivity index is 2.02. The fourth-order valence-corrected chi connectivity index (χ4v) is 2.61. The molecule has 0 heterocycles. The second kappa shape index (κ2) is 7.70. The first kappa shape index (κ1) is 18.3. The summed E-state index contributed by atoms with van der Waals surface area (Å²) in [5, 5.41) is 12.7. The summed E-state index contributed by atoms with van der Waals surface area (Å²) < 4.78 is 9.92. The second-order valence-corrected chi connectivity index (χ2v) is 5.75. The van der Waals surface area contributed by atoms with Gasteiger partial charge in [0.25, 0.3) is 5.91 Å². The number of para-hydroxylation sites is 1. The van der Waals surface area contributed by atoms with Crippen LogP contribution in [0.5, 0.6) is 11.5 Å². The molecule has 0 radical (unpaired) electrons. The third kappa shape index (κ3) is 4.29. The molecule has 0 aromatic heterocycles. The Kier molecular flexibility index (Phi) is 5.64. The number of carbonyl (C=O) groups is 2. The molecule has 2 aromatic carbocycles. The summed E-state index contributed by atoms with van der Waals surface area (Å²) in [4.78, 5) is 24.1. The topological polar surface area (TPSA) is 84.9 Å². The van der Waals surface area contributed by atoms with Crippen LogP contribution in [0.2, 0.25) is 0 Å². The van der Waals surface area contributed by atoms with E-state index < -0.39 is 18.5 Å². The fraction of sp³-hybridized carbons (Fsp3) is 0.263. The van der Waals surface area contributed by atoms with E-state index in [1.807, 2.05) is 32.9 Å². The van der Waals surface area contributed by atoms with Gasteiger partial charge in [-0.15, -0.1) is 0 Å². The van der Waals surface area contributed by atoms with Crippen LogP contribution in [0.15, 0.2) is 30.3 Å². The van der Waals surface area contributed by atoms with Crippen molar-refractivity contribution in [2.24, 2.45) is 0 Å². The van der Waals surface area contributed by atoms with Crippen LogP contribution in [-0.4, -0.2) is 30.7 Å². The molecule has 132 valence electrons. The molecule has 0 bridgehead atoms. The van der Waals surface area contributed by atoms with Crippen molar-refractivity contribution in [3.8, 4) is 11.5 Å². The van der Waals surface area contributed by atoms with Gasteiger partial charge in [-0.1, -0.05) is 23.8 Å². The summed E-state index contributed by atoms with van der Waals surface area (Å²) in [5.41, 5.74) is 3.61. The Hall–Kier alpha value is -3.02. The Bertz CT molecular complexity index is 790. The Morgan fingerprint density at radius 1 is 1.12 bits per heavy atom. The van der Waals surface area contributed by atoms with E-state index in [1.54, 1.807) is 6.07 Å². The van der Waals surface area contributed by atoms with Gasteiger partial charge in [0.2, 0.25) is 0 Å². The number of hydrogen-bond acceptors (Lipinski definition) is 5. The molecule has 0 aliphatic carbocycles. The molecule has 0 aliphatic rings. The van der Waals surface area contributed by atoms with Gasteiger partial charge in [0.05, 0.1) is 7.11 Å². The highest BCUT2D eigenvalue weighted by Crippen LogP contribution is 2.29. The highest BCUT2D eigenvalue weighted by Gasteiger charge is 2.18. The molecular formula is C19H21NO5. The Labute approximate surface area is 146 Å². The summed E-state index contributed by atoms with van der Waals surface area (Å²) in [6.45, 7) is 5.32. The van der Waals surface area contributed by atoms with Crippen LogP contribution in [0.3, 0.4) is 0 Å². The zero-order valence-electron chi connectivity index (χ0n) is 14.7. The lowest BCUT2D eigenvalue weighted by atomic mass is 10.1. The van der Waals surface area contributed by atoms with Crippen molar-refractivity contribution >= 4 is 17.6 Å². The van der Waals surface area contributed by atoms with E-state index in [1.165, 1.54) is 19.2 Å². The molecule has 6 heteroatoms. The van der Waals surface area contributed by atoms with Crippen molar-refractivity contribution < 1.29 is 24.2 Å². The molecule has 6 nitrogen and oxygen atoms in total. The standard InChI is InChI=1S/C19H21NO5/c1-11-8-12(2)17(13(3)9-11)20-16(21)10-25-19(23)14-6-5-7-15(24-4)18(14)22/h5-9,22H,10H2,1-4H3,(H,20,21). The maximum absolute atomic E-state index is 12.1. The van der Waals surface area contributed by atoms with Crippen LogP contribution >= 0.6 is 0 Å². The number of esters is 1. The number of aryl methyl sites for hydroxylation is 3. The van der Waals surface area contributed by atoms with Crippen molar-refractivity contribution in [2.75, 3.05) is 19.0 Å². The van der Waals surface area contributed by atoms with Gasteiger partial charge in [-0.25, -0.2) is 4.79 Å². The van der Waals surface area contributed by atoms with E-state index in [0.29, 0.717) is 5.69 Å². The van der Waals surface area contributed by atoms with Crippen LogP contribution in [0.25, 0.3) is 0 Å². The smallest absolute Gasteiger partial charge is 0.342 e. The van der Waals surface area contributed by atoms with E-state index in [0.717, 1.165) is 16.7 Å². The van der Waals surface area contributed by atoms with Crippen molar-refractivity contribution in [2.45, 2.75) is 20.8 Å². The molecule has 1 amide bonds. The molecule has 0 fully saturated rings. The first-order chi connectivity index (χ1) is 11.8. The Morgan fingerprint density at radius 2 is 1.76 bits per heavy atom. The third-order valence-electron chi connectivity index (χ3n) is 3.71. The number of phenolic OH excluding ortho intramolecular Hbond substituents is 1. The van der Waals surface area contributed by atoms with Crippen molar-refractivity contribution in [1.82, 2.24) is 0 Å². The largest absolute Gasteiger partial charge is 0.504 e. The van der Waals surface area contributed by atoms with E-state index in [4.69, 9.17) is 9.47 Å². The first-order valence-electron chi connectivity index (χ1n) is 7.74. The lowest BCUT2D eigenvalue weighted by molar-refractivity contribution is -0.119. The molecular weight excluding hydrogens is 322 g/mol. The van der Waals surface area contributed by atoms with Gasteiger partial charge in [-0.05, 0) is 44.0 Å². The average Bonchev–Trinajstić information content (AvgIpc) is 2.56. The molecule has 25 heavy (non-hydrogen) atoms. The van der Waals surface area contributed by atoms with E-state index in [9.17, 15) is 14.7 Å². The number of rotatable bonds is 5. The minimum absolute atomic E-state index is 0.0603. The third-order valence-corrected chi connectivity index (χ3v) is 3.71. The van der Waals surface area contributed by atoms with Gasteiger partial charge >= 0.3 is 5.97 Å². The van der Waals surface area contributed by atoms with Crippen molar-refractivity contribution in [3.05, 3.63) is 52.6 Å². The molecule has 0 unspecified atom stereocenters. The molecule has 2 aromatic rings. The monoisotopic (exact) mass is 343 g/mol. The SMILES string of the molecule is COc1cccc(C(=O)OCC(=O)Nc2c(C)cc(C)cc2C)c1O. The number of benzene rings is 2. The number of aromatic hydroxyl groups is 1. The van der Waals surface area contributed by atoms with Gasteiger partial charge in [-0.3, -0.25) is 4.79 Å². The maximum atomic E-state index is 12.1. The normalized spacial score (nSPS) is 10.2. The number of phenols is 1. The zero-order valence-corrected chi connectivity index (χ0v) is 14.7. The lowest BCUT2D eigenvalue weighted by Crippen LogP contribution is -2.22. The second-order valence-electron chi connectivity index (χ2n) is 5.75. The minimum Gasteiger partial charge on any atom is -0.504 e. The molecule has 0 saturated heterocycles. The van der Waals surface area contributed by atoms with Gasteiger partial charge in [0.1, 0.15) is 5.56 Å². The molecule has 0 saturated carbocycles. The Morgan fingerprint density at radius 3 is 2.36 bits per heavy atom. The number of ether oxygens (including phenoxy) is 2. The molecule has 0 atom stereocenters. The number of nitrogens with one attached hydrogen (secondary N) is 1. The predicted molar refractivity (Wildman–Crippen MR) is 94.2 cm³/mol. The van der Waals surface area contributed by atoms with E-state index in [-0.39, 0.29) is 17.1 Å². The lowest BCUT2D eigenvalue weighted by Gasteiger charge is -2.13.